The monoisotopic (exact) mass is 390 g/mol. The van der Waals surface area contributed by atoms with Crippen molar-refractivity contribution in [1.29, 1.82) is 0 Å². The molecule has 0 radical (unpaired) electrons. The Kier molecular flexibility index (Phi) is 4.01. The molecule has 8 heteroatoms. The Morgan fingerprint density at radius 1 is 1.31 bits per heavy atom. The largest absolute Gasteiger partial charge is 0.343 e. The third kappa shape index (κ3) is 3.10. The first-order valence-corrected chi connectivity index (χ1v) is 9.82. The van der Waals surface area contributed by atoms with E-state index in [-0.39, 0.29) is 17.4 Å². The summed E-state index contributed by atoms with van der Waals surface area (Å²) < 4.78 is 1.89. The number of rotatable bonds is 5. The van der Waals surface area contributed by atoms with Crippen molar-refractivity contribution in [2.45, 2.75) is 25.3 Å². The predicted molar refractivity (Wildman–Crippen MR) is 106 cm³/mol. The van der Waals surface area contributed by atoms with Gasteiger partial charge in [-0.3, -0.25) is 14.7 Å². The van der Waals surface area contributed by atoms with E-state index in [1.807, 2.05) is 46.9 Å². The summed E-state index contributed by atoms with van der Waals surface area (Å²) in [7, 11) is 0. The fraction of sp³-hybridized carbons (Fsp3) is 0.333. The van der Waals surface area contributed by atoms with Crippen molar-refractivity contribution < 1.29 is 9.59 Å². The smallest absolute Gasteiger partial charge is 0.272 e. The molecule has 0 unspecified atom stereocenters. The van der Waals surface area contributed by atoms with Crippen LogP contribution in [-0.2, 0) is 6.42 Å². The van der Waals surface area contributed by atoms with Crippen LogP contribution in [0.15, 0.2) is 49.1 Å². The Balaban J connectivity index is 1.25. The molecule has 2 fully saturated rings. The van der Waals surface area contributed by atoms with Gasteiger partial charge in [0.15, 0.2) is 0 Å². The van der Waals surface area contributed by atoms with Crippen molar-refractivity contribution in [2.75, 3.05) is 13.1 Å². The lowest BCUT2D eigenvalue weighted by atomic mass is 10.1. The average molecular weight is 390 g/mol. The maximum atomic E-state index is 12.9. The van der Waals surface area contributed by atoms with Gasteiger partial charge in [0.25, 0.3) is 11.8 Å². The molecule has 0 spiro atoms. The number of aryl methyl sites for hydroxylation is 1. The Morgan fingerprint density at radius 2 is 2.14 bits per heavy atom. The number of benzene rings is 1. The summed E-state index contributed by atoms with van der Waals surface area (Å²) in [5, 5.41) is 10.1. The molecule has 2 amide bonds. The van der Waals surface area contributed by atoms with Crippen molar-refractivity contribution in [3.63, 3.8) is 0 Å². The second-order valence-corrected chi connectivity index (χ2v) is 7.85. The van der Waals surface area contributed by atoms with Crippen molar-refractivity contribution in [3.05, 3.63) is 66.0 Å². The van der Waals surface area contributed by atoms with E-state index in [1.165, 1.54) is 0 Å². The minimum atomic E-state index is -0.311. The van der Waals surface area contributed by atoms with E-state index in [2.05, 4.69) is 20.5 Å². The molecule has 29 heavy (non-hydrogen) atoms. The number of likely N-dealkylation sites (tertiary alicyclic amines) is 1. The van der Waals surface area contributed by atoms with Crippen LogP contribution >= 0.6 is 0 Å². The van der Waals surface area contributed by atoms with Gasteiger partial charge in [-0.05, 0) is 43.2 Å². The topological polar surface area (TPSA) is 95.9 Å². The molecule has 2 atom stereocenters. The summed E-state index contributed by atoms with van der Waals surface area (Å²) in [5.74, 6) is 0.128. The van der Waals surface area contributed by atoms with Crippen LogP contribution in [0, 0.1) is 5.92 Å². The second-order valence-electron chi connectivity index (χ2n) is 7.85. The number of fused-ring (bicyclic) bond motifs is 1. The molecular weight excluding hydrogens is 368 g/mol. The molecule has 2 aromatic heterocycles. The summed E-state index contributed by atoms with van der Waals surface area (Å²) in [5.41, 5.74) is 2.63. The number of carbonyl (C=O) groups excluding carboxylic acids is 2. The van der Waals surface area contributed by atoms with Gasteiger partial charge in [-0.1, -0.05) is 6.92 Å². The van der Waals surface area contributed by atoms with Crippen molar-refractivity contribution >= 4 is 11.8 Å². The fourth-order valence-electron chi connectivity index (χ4n) is 4.15. The van der Waals surface area contributed by atoms with E-state index in [4.69, 9.17) is 0 Å². The normalized spacial score (nSPS) is 22.4. The molecule has 1 aliphatic carbocycles. The molecule has 0 bridgehead atoms. The van der Waals surface area contributed by atoms with Gasteiger partial charge in [0, 0.05) is 48.3 Å². The highest BCUT2D eigenvalue weighted by Crippen LogP contribution is 2.49. The molecule has 1 saturated heterocycles. The van der Waals surface area contributed by atoms with E-state index in [0.717, 1.165) is 24.2 Å². The van der Waals surface area contributed by atoms with Crippen LogP contribution in [0.4, 0.5) is 0 Å². The Labute approximate surface area is 167 Å². The zero-order chi connectivity index (χ0) is 20.0. The molecule has 148 valence electrons. The van der Waals surface area contributed by atoms with E-state index >= 15 is 0 Å². The molecule has 1 aliphatic heterocycles. The number of aromatic nitrogens is 4. The molecule has 1 saturated carbocycles. The van der Waals surface area contributed by atoms with Gasteiger partial charge in [-0.2, -0.15) is 5.10 Å². The number of imidazole rings is 1. The molecule has 5 rings (SSSR count). The number of nitrogens with zero attached hydrogens (tertiary/aromatic N) is 4. The maximum absolute atomic E-state index is 12.9. The molecule has 3 aromatic rings. The number of amides is 2. The first-order chi connectivity index (χ1) is 14.1. The molecule has 3 heterocycles. The highest BCUT2D eigenvalue weighted by atomic mass is 16.2. The summed E-state index contributed by atoms with van der Waals surface area (Å²) in [6.45, 7) is 3.22. The Bertz CT molecular complexity index is 1060. The SMILES string of the molecule is CCc1cc(C(=O)N[C@]23C[C@H]2CN(C(=O)c2ccc(-n4ccnc4)cc2)C3)n[nH]1. The van der Waals surface area contributed by atoms with Gasteiger partial charge in [0.1, 0.15) is 5.69 Å². The molecule has 1 aromatic carbocycles. The van der Waals surface area contributed by atoms with E-state index in [9.17, 15) is 9.59 Å². The van der Waals surface area contributed by atoms with Crippen LogP contribution in [0.3, 0.4) is 0 Å². The minimum Gasteiger partial charge on any atom is -0.343 e. The van der Waals surface area contributed by atoms with Crippen LogP contribution < -0.4 is 5.32 Å². The van der Waals surface area contributed by atoms with E-state index < -0.39 is 0 Å². The van der Waals surface area contributed by atoms with E-state index in [0.29, 0.717) is 30.3 Å². The summed E-state index contributed by atoms with van der Waals surface area (Å²) >= 11 is 0. The number of piperidine rings is 1. The minimum absolute atomic E-state index is 0.00366. The zero-order valence-electron chi connectivity index (χ0n) is 16.1. The quantitative estimate of drug-likeness (QED) is 0.694. The molecular formula is C21H22N6O2. The summed E-state index contributed by atoms with van der Waals surface area (Å²) in [6.07, 6.45) is 7.01. The highest BCUT2D eigenvalue weighted by Gasteiger charge is 2.62. The number of hydrogen-bond donors (Lipinski definition) is 2. The fourth-order valence-corrected chi connectivity index (χ4v) is 4.15. The van der Waals surface area contributed by atoms with Crippen LogP contribution in [0.2, 0.25) is 0 Å². The van der Waals surface area contributed by atoms with Crippen LogP contribution in [-0.4, -0.2) is 55.1 Å². The van der Waals surface area contributed by atoms with Crippen LogP contribution in [0.5, 0.6) is 0 Å². The number of H-pyrrole nitrogens is 1. The van der Waals surface area contributed by atoms with Crippen molar-refractivity contribution in [2.24, 2.45) is 5.92 Å². The zero-order valence-corrected chi connectivity index (χ0v) is 16.1. The van der Waals surface area contributed by atoms with Crippen LogP contribution in [0.25, 0.3) is 5.69 Å². The molecule has 2 N–H and O–H groups in total. The van der Waals surface area contributed by atoms with Gasteiger partial charge in [0.05, 0.1) is 11.9 Å². The molecule has 2 aliphatic rings. The first-order valence-electron chi connectivity index (χ1n) is 9.82. The third-order valence-electron chi connectivity index (χ3n) is 5.96. The Morgan fingerprint density at radius 3 is 2.83 bits per heavy atom. The third-order valence-corrected chi connectivity index (χ3v) is 5.96. The van der Waals surface area contributed by atoms with Gasteiger partial charge in [0.2, 0.25) is 0 Å². The summed E-state index contributed by atoms with van der Waals surface area (Å²) in [4.78, 5) is 31.4. The molecule has 8 nitrogen and oxygen atoms in total. The van der Waals surface area contributed by atoms with Crippen molar-refractivity contribution in [3.8, 4) is 5.69 Å². The first kappa shape index (κ1) is 17.7. The standard InChI is InChI=1S/C21H22N6O2/c1-2-16-9-18(25-24-16)19(28)23-21-10-15(21)11-27(12-21)20(29)14-3-5-17(6-4-14)26-8-7-22-13-26/h3-9,13,15H,2,10-12H2,1H3,(H,23,28)(H,24,25)/t15-,21-/m0/s1. The van der Waals surface area contributed by atoms with Gasteiger partial charge in [-0.25, -0.2) is 4.98 Å². The lowest BCUT2D eigenvalue weighted by Gasteiger charge is -2.22. The van der Waals surface area contributed by atoms with E-state index in [1.54, 1.807) is 18.6 Å². The number of nitrogens with one attached hydrogen (secondary N) is 2. The lowest BCUT2D eigenvalue weighted by Crippen LogP contribution is -2.43. The highest BCUT2D eigenvalue weighted by molar-refractivity contribution is 5.96. The summed E-state index contributed by atoms with van der Waals surface area (Å²) in [6, 6.07) is 9.27. The number of carbonyl (C=O) groups is 2. The van der Waals surface area contributed by atoms with Gasteiger partial charge in [-0.15, -0.1) is 0 Å². The number of hydrogen-bond acceptors (Lipinski definition) is 4. The number of aromatic amines is 1. The van der Waals surface area contributed by atoms with Crippen LogP contribution in [0.1, 0.15) is 39.9 Å². The predicted octanol–water partition coefficient (Wildman–Crippen LogP) is 1.80. The average Bonchev–Trinajstić information content (AvgIpc) is 3.26. The van der Waals surface area contributed by atoms with Gasteiger partial charge < -0.3 is 14.8 Å². The van der Waals surface area contributed by atoms with Gasteiger partial charge >= 0.3 is 0 Å². The lowest BCUT2D eigenvalue weighted by molar-refractivity contribution is 0.0759. The maximum Gasteiger partial charge on any atom is 0.272 e. The second kappa shape index (κ2) is 6.58. The van der Waals surface area contributed by atoms with Crippen molar-refractivity contribution in [1.82, 2.24) is 30.0 Å². The Hall–Kier alpha value is -3.42.